The Morgan fingerprint density at radius 1 is 0.946 bits per heavy atom. The topological polar surface area (TPSA) is 77.4 Å². The molecule has 0 unspecified atom stereocenters. The van der Waals surface area contributed by atoms with E-state index in [1.807, 2.05) is 72.1 Å². The van der Waals surface area contributed by atoms with Crippen LogP contribution in [0.3, 0.4) is 0 Å². The maximum Gasteiger partial charge on any atom is 0.261 e. The van der Waals surface area contributed by atoms with Gasteiger partial charge in [-0.3, -0.25) is 14.7 Å². The first-order valence-corrected chi connectivity index (χ1v) is 13.3. The molecule has 0 N–H and O–H groups in total. The van der Waals surface area contributed by atoms with E-state index >= 15 is 0 Å². The molecular formula is C28H18N4O3S2. The molecule has 5 heterocycles. The summed E-state index contributed by atoms with van der Waals surface area (Å²) >= 11 is 3.04. The summed E-state index contributed by atoms with van der Waals surface area (Å²) in [6, 6.07) is 21.2. The smallest absolute Gasteiger partial charge is 0.261 e. The van der Waals surface area contributed by atoms with E-state index in [9.17, 15) is 4.79 Å². The number of rotatable bonds is 5. The lowest BCUT2D eigenvalue weighted by atomic mass is 10.1. The number of para-hydroxylation sites is 1. The van der Waals surface area contributed by atoms with E-state index in [2.05, 4.69) is 4.98 Å². The first kappa shape index (κ1) is 21.9. The van der Waals surface area contributed by atoms with Crippen molar-refractivity contribution in [2.45, 2.75) is 6.54 Å². The molecule has 1 aliphatic heterocycles. The molecule has 0 fully saturated rings. The number of anilines is 1. The summed E-state index contributed by atoms with van der Waals surface area (Å²) in [5.74, 6) is 1.20. The largest absolute Gasteiger partial charge is 0.454 e. The molecule has 0 aliphatic carbocycles. The fourth-order valence-corrected chi connectivity index (χ4v) is 6.03. The zero-order valence-corrected chi connectivity index (χ0v) is 21.0. The normalized spacial score (nSPS) is 12.3. The second kappa shape index (κ2) is 8.95. The molecule has 0 atom stereocenters. The summed E-state index contributed by atoms with van der Waals surface area (Å²) in [4.78, 5) is 31.0. The van der Waals surface area contributed by atoms with Crippen LogP contribution in [0.2, 0.25) is 0 Å². The van der Waals surface area contributed by atoms with Crippen molar-refractivity contribution in [1.82, 2.24) is 15.0 Å². The predicted molar refractivity (Wildman–Crippen MR) is 146 cm³/mol. The summed E-state index contributed by atoms with van der Waals surface area (Å²) in [6.45, 7) is 0.525. The van der Waals surface area contributed by atoms with Gasteiger partial charge in [-0.05, 0) is 35.2 Å². The van der Waals surface area contributed by atoms with E-state index in [-0.39, 0.29) is 12.7 Å². The lowest BCUT2D eigenvalue weighted by molar-refractivity contribution is 0.0986. The van der Waals surface area contributed by atoms with Gasteiger partial charge in [0, 0.05) is 29.9 Å². The highest BCUT2D eigenvalue weighted by Crippen LogP contribution is 2.40. The number of carbonyl (C=O) groups is 1. The molecule has 2 aromatic carbocycles. The molecule has 0 saturated heterocycles. The highest BCUT2D eigenvalue weighted by molar-refractivity contribution is 7.22. The van der Waals surface area contributed by atoms with E-state index in [1.165, 1.54) is 11.3 Å². The maximum atomic E-state index is 14.4. The standard InChI is InChI=1S/C28H18N4O3S2/c33-27(19-11-21(25-8-4-10-36-25)30-20-7-2-1-6-18(19)20)32(15-17-5-3-9-29-14-17)28-31-22-12-23-24(35-16-34-23)13-26(22)37-28/h1-14H,15-16H2. The van der Waals surface area contributed by atoms with Crippen LogP contribution in [-0.4, -0.2) is 27.7 Å². The van der Waals surface area contributed by atoms with Crippen molar-refractivity contribution in [3.05, 3.63) is 95.6 Å². The fourth-order valence-electron chi connectivity index (χ4n) is 4.37. The van der Waals surface area contributed by atoms with Crippen molar-refractivity contribution < 1.29 is 14.3 Å². The molecule has 0 bridgehead atoms. The second-order valence-electron chi connectivity index (χ2n) is 8.47. The van der Waals surface area contributed by atoms with Crippen LogP contribution in [0.1, 0.15) is 15.9 Å². The number of benzene rings is 2. The molecule has 7 nitrogen and oxygen atoms in total. The number of nitrogens with zero attached hydrogens (tertiary/aromatic N) is 4. The molecule has 37 heavy (non-hydrogen) atoms. The number of hydrogen-bond acceptors (Lipinski definition) is 8. The molecule has 9 heteroatoms. The lowest BCUT2D eigenvalue weighted by Crippen LogP contribution is -2.30. The average molecular weight is 523 g/mol. The quantitative estimate of drug-likeness (QED) is 0.256. The van der Waals surface area contributed by atoms with Gasteiger partial charge >= 0.3 is 0 Å². The summed E-state index contributed by atoms with van der Waals surface area (Å²) in [5.41, 5.74) is 3.78. The molecule has 6 aromatic rings. The number of fused-ring (bicyclic) bond motifs is 3. The minimum absolute atomic E-state index is 0.153. The fraction of sp³-hybridized carbons (Fsp3) is 0.0714. The van der Waals surface area contributed by atoms with Crippen molar-refractivity contribution >= 4 is 54.8 Å². The molecular weight excluding hydrogens is 504 g/mol. The number of hydrogen-bond donors (Lipinski definition) is 0. The Bertz CT molecular complexity index is 1730. The van der Waals surface area contributed by atoms with Crippen LogP contribution in [0.5, 0.6) is 11.5 Å². The highest BCUT2D eigenvalue weighted by Gasteiger charge is 2.26. The Morgan fingerprint density at radius 3 is 2.68 bits per heavy atom. The Hall–Kier alpha value is -4.34. The van der Waals surface area contributed by atoms with Gasteiger partial charge in [-0.2, -0.15) is 0 Å². The first-order valence-electron chi connectivity index (χ1n) is 11.6. The molecule has 0 radical (unpaired) electrons. The maximum absolute atomic E-state index is 14.4. The Labute approximate surface area is 219 Å². The number of ether oxygens (including phenoxy) is 2. The minimum Gasteiger partial charge on any atom is -0.454 e. The summed E-state index contributed by atoms with van der Waals surface area (Å²) < 4.78 is 12.0. The lowest BCUT2D eigenvalue weighted by Gasteiger charge is -2.21. The third kappa shape index (κ3) is 3.98. The van der Waals surface area contributed by atoms with Crippen LogP contribution in [0.4, 0.5) is 5.13 Å². The van der Waals surface area contributed by atoms with Crippen LogP contribution in [-0.2, 0) is 6.54 Å². The molecule has 180 valence electrons. The van der Waals surface area contributed by atoms with E-state index in [0.29, 0.717) is 28.7 Å². The second-order valence-corrected chi connectivity index (χ2v) is 10.4. The molecule has 1 aliphatic rings. The summed E-state index contributed by atoms with van der Waals surface area (Å²) in [6.07, 6.45) is 3.49. The van der Waals surface area contributed by atoms with Gasteiger partial charge in [0.1, 0.15) is 0 Å². The average Bonchev–Trinajstić information content (AvgIpc) is 3.71. The summed E-state index contributed by atoms with van der Waals surface area (Å²) in [7, 11) is 0. The highest BCUT2D eigenvalue weighted by atomic mass is 32.1. The van der Waals surface area contributed by atoms with Gasteiger partial charge in [-0.25, -0.2) is 9.97 Å². The monoisotopic (exact) mass is 522 g/mol. The van der Waals surface area contributed by atoms with Crippen molar-refractivity contribution in [3.63, 3.8) is 0 Å². The van der Waals surface area contributed by atoms with Crippen LogP contribution in [0.25, 0.3) is 31.7 Å². The molecule has 4 aromatic heterocycles. The van der Waals surface area contributed by atoms with Gasteiger partial charge in [-0.1, -0.05) is 41.7 Å². The summed E-state index contributed by atoms with van der Waals surface area (Å²) in [5, 5.41) is 3.39. The third-order valence-corrected chi connectivity index (χ3v) is 8.06. The number of thiophene rings is 1. The number of pyridine rings is 2. The molecule has 0 saturated carbocycles. The van der Waals surface area contributed by atoms with Crippen LogP contribution < -0.4 is 14.4 Å². The van der Waals surface area contributed by atoms with Crippen molar-refractivity contribution in [2.75, 3.05) is 11.7 Å². The van der Waals surface area contributed by atoms with Crippen molar-refractivity contribution in [1.29, 1.82) is 0 Å². The van der Waals surface area contributed by atoms with Crippen molar-refractivity contribution in [2.24, 2.45) is 0 Å². The molecule has 0 spiro atoms. The number of carbonyl (C=O) groups excluding carboxylic acids is 1. The van der Waals surface area contributed by atoms with E-state index in [4.69, 9.17) is 19.4 Å². The van der Waals surface area contributed by atoms with Crippen LogP contribution >= 0.6 is 22.7 Å². The van der Waals surface area contributed by atoms with Gasteiger partial charge in [0.25, 0.3) is 5.91 Å². The van der Waals surface area contributed by atoms with Gasteiger partial charge in [0.05, 0.1) is 38.4 Å². The number of thiazole rings is 1. The SMILES string of the molecule is O=C(c1cc(-c2cccs2)nc2ccccc12)N(Cc1cccnc1)c1nc2cc3c(cc2s1)OCO3. The zero-order valence-electron chi connectivity index (χ0n) is 19.3. The number of amides is 1. The van der Waals surface area contributed by atoms with Crippen molar-refractivity contribution in [3.8, 4) is 22.1 Å². The van der Waals surface area contributed by atoms with Gasteiger partial charge in [0.15, 0.2) is 16.6 Å². The Balaban J connectivity index is 1.38. The molecule has 1 amide bonds. The van der Waals surface area contributed by atoms with Gasteiger partial charge < -0.3 is 9.47 Å². The van der Waals surface area contributed by atoms with E-state index < -0.39 is 0 Å². The predicted octanol–water partition coefficient (Wildman–Crippen LogP) is 6.54. The minimum atomic E-state index is -0.153. The van der Waals surface area contributed by atoms with E-state index in [1.54, 1.807) is 28.6 Å². The van der Waals surface area contributed by atoms with Crippen LogP contribution in [0.15, 0.2) is 84.5 Å². The first-order chi connectivity index (χ1) is 18.2. The molecule has 7 rings (SSSR count). The van der Waals surface area contributed by atoms with Crippen LogP contribution in [0, 0.1) is 0 Å². The Morgan fingerprint density at radius 2 is 1.84 bits per heavy atom. The van der Waals surface area contributed by atoms with E-state index in [0.717, 1.165) is 37.3 Å². The number of aromatic nitrogens is 3. The van der Waals surface area contributed by atoms with Gasteiger partial charge in [0.2, 0.25) is 6.79 Å². The Kier molecular flexibility index (Phi) is 5.30. The third-order valence-electron chi connectivity index (χ3n) is 6.13. The van der Waals surface area contributed by atoms with Gasteiger partial charge in [-0.15, -0.1) is 11.3 Å². The zero-order chi connectivity index (χ0) is 24.8.